The van der Waals surface area contributed by atoms with Gasteiger partial charge < -0.3 is 15.0 Å². The van der Waals surface area contributed by atoms with E-state index in [0.29, 0.717) is 12.1 Å². The van der Waals surface area contributed by atoms with Crippen molar-refractivity contribution in [3.63, 3.8) is 0 Å². The number of H-pyrrole nitrogens is 1. The number of rotatable bonds is 3. The van der Waals surface area contributed by atoms with Crippen LogP contribution in [0.4, 0.5) is 5.69 Å². The van der Waals surface area contributed by atoms with Crippen molar-refractivity contribution in [2.24, 2.45) is 5.92 Å². The van der Waals surface area contributed by atoms with E-state index in [2.05, 4.69) is 32.2 Å². The number of hydrogen-bond donors (Lipinski definition) is 2. The molecule has 1 aromatic heterocycles. The Morgan fingerprint density at radius 2 is 2.27 bits per heavy atom. The molecule has 0 aliphatic carbocycles. The summed E-state index contributed by atoms with van der Waals surface area (Å²) in [5, 5.41) is 10.7. The third kappa shape index (κ3) is 3.00. The molecule has 2 unspecified atom stereocenters. The third-order valence-corrected chi connectivity index (χ3v) is 5.31. The maximum Gasteiger partial charge on any atom is 0.0881 e. The molecule has 3 saturated heterocycles. The van der Waals surface area contributed by atoms with E-state index in [-0.39, 0.29) is 6.10 Å². The second-order valence-electron chi connectivity index (χ2n) is 7.11. The lowest BCUT2D eigenvalue weighted by Crippen LogP contribution is -2.50. The Kier molecular flexibility index (Phi) is 4.07. The van der Waals surface area contributed by atoms with Crippen molar-refractivity contribution in [1.29, 1.82) is 0 Å². The molecule has 6 heteroatoms. The highest BCUT2D eigenvalue weighted by Gasteiger charge is 2.36. The zero-order valence-electron chi connectivity index (χ0n) is 13.4. The minimum absolute atomic E-state index is 0.275. The molecule has 1 aromatic rings. The van der Waals surface area contributed by atoms with Crippen LogP contribution in [0.2, 0.25) is 0 Å². The highest BCUT2D eigenvalue weighted by Crippen LogP contribution is 2.26. The summed E-state index contributed by atoms with van der Waals surface area (Å²) in [6.45, 7) is 8.74. The molecule has 0 radical (unpaired) electrons. The number of aromatic amines is 1. The van der Waals surface area contributed by atoms with Crippen LogP contribution < -0.4 is 10.2 Å². The Labute approximate surface area is 132 Å². The minimum atomic E-state index is 0.275. The van der Waals surface area contributed by atoms with Gasteiger partial charge in [0.2, 0.25) is 0 Å². The fourth-order valence-electron chi connectivity index (χ4n) is 4.35. The lowest BCUT2D eigenvalue weighted by Gasteiger charge is -2.38. The second-order valence-corrected chi connectivity index (χ2v) is 7.11. The first-order chi connectivity index (χ1) is 10.8. The number of morpholine rings is 1. The average Bonchev–Trinajstić information content (AvgIpc) is 3.15. The molecule has 4 rings (SSSR count). The lowest BCUT2D eigenvalue weighted by atomic mass is 9.94. The predicted molar refractivity (Wildman–Crippen MR) is 86.1 cm³/mol. The quantitative estimate of drug-likeness (QED) is 0.860. The van der Waals surface area contributed by atoms with Crippen LogP contribution in [0.5, 0.6) is 0 Å². The van der Waals surface area contributed by atoms with Crippen LogP contribution in [-0.2, 0) is 4.74 Å². The molecule has 4 atom stereocenters. The highest BCUT2D eigenvalue weighted by atomic mass is 16.5. The Balaban J connectivity index is 1.36. The van der Waals surface area contributed by atoms with E-state index in [1.807, 2.05) is 12.4 Å². The zero-order chi connectivity index (χ0) is 14.9. The Morgan fingerprint density at radius 3 is 3.09 bits per heavy atom. The largest absolute Gasteiger partial charge is 0.370 e. The molecular formula is C16H27N5O. The molecule has 3 aliphatic heterocycles. The van der Waals surface area contributed by atoms with Gasteiger partial charge in [-0.25, -0.2) is 0 Å². The van der Waals surface area contributed by atoms with Crippen molar-refractivity contribution in [3.8, 4) is 0 Å². The van der Waals surface area contributed by atoms with Gasteiger partial charge in [0.25, 0.3) is 0 Å². The second kappa shape index (κ2) is 6.18. The molecule has 0 bridgehead atoms. The molecule has 0 aromatic carbocycles. The van der Waals surface area contributed by atoms with Crippen LogP contribution >= 0.6 is 0 Å². The summed E-state index contributed by atoms with van der Waals surface area (Å²) in [6.07, 6.45) is 7.17. The normalized spacial score (nSPS) is 36.5. The number of piperidine rings is 1. The minimum Gasteiger partial charge on any atom is -0.370 e. The van der Waals surface area contributed by atoms with E-state index in [4.69, 9.17) is 4.74 Å². The number of aromatic nitrogens is 2. The molecule has 6 nitrogen and oxygen atoms in total. The van der Waals surface area contributed by atoms with E-state index in [1.54, 1.807) is 0 Å². The van der Waals surface area contributed by atoms with Gasteiger partial charge in [0.1, 0.15) is 0 Å². The summed E-state index contributed by atoms with van der Waals surface area (Å²) in [4.78, 5) is 4.99. The Hall–Kier alpha value is -1.11. The SMILES string of the molecule is C[C@@H]1CN(c2cn[nH]c2)C[C@H](CN2CC3CCCNC3C2)O1. The molecule has 2 N–H and O–H groups in total. The molecule has 0 spiro atoms. The summed E-state index contributed by atoms with van der Waals surface area (Å²) in [5.41, 5.74) is 1.18. The van der Waals surface area contributed by atoms with Crippen molar-refractivity contribution in [2.45, 2.75) is 38.0 Å². The van der Waals surface area contributed by atoms with Gasteiger partial charge in [-0.15, -0.1) is 0 Å². The third-order valence-electron chi connectivity index (χ3n) is 5.31. The van der Waals surface area contributed by atoms with E-state index in [0.717, 1.165) is 25.6 Å². The van der Waals surface area contributed by atoms with Crippen LogP contribution in [0.3, 0.4) is 0 Å². The summed E-state index contributed by atoms with van der Waals surface area (Å²) in [5.74, 6) is 0.847. The number of hydrogen-bond acceptors (Lipinski definition) is 5. The molecule has 3 fully saturated rings. The van der Waals surface area contributed by atoms with E-state index in [1.165, 1.54) is 38.2 Å². The molecule has 0 amide bonds. The van der Waals surface area contributed by atoms with Crippen LogP contribution in [0.15, 0.2) is 12.4 Å². The molecule has 22 heavy (non-hydrogen) atoms. The van der Waals surface area contributed by atoms with Crippen LogP contribution in [0.1, 0.15) is 19.8 Å². The fraction of sp³-hybridized carbons (Fsp3) is 0.812. The number of fused-ring (bicyclic) bond motifs is 1. The number of likely N-dealkylation sites (tertiary alicyclic amines) is 1. The summed E-state index contributed by atoms with van der Waals surface area (Å²) in [7, 11) is 0. The standard InChI is InChI=1S/C16H27N5O/c1-12-7-21(14-5-18-19-6-14)10-15(22-12)9-20-8-13-3-2-4-17-16(13)11-20/h5-6,12-13,15-17H,2-4,7-11H2,1H3,(H,18,19)/t12-,13?,15+,16?/m1/s1. The van der Waals surface area contributed by atoms with E-state index >= 15 is 0 Å². The van der Waals surface area contributed by atoms with Crippen LogP contribution in [0, 0.1) is 5.92 Å². The summed E-state index contributed by atoms with van der Waals surface area (Å²) in [6, 6.07) is 0.708. The topological polar surface area (TPSA) is 56.4 Å². The summed E-state index contributed by atoms with van der Waals surface area (Å²) < 4.78 is 6.20. The predicted octanol–water partition coefficient (Wildman–Crippen LogP) is 0.687. The van der Waals surface area contributed by atoms with Gasteiger partial charge in [-0.05, 0) is 32.2 Å². The zero-order valence-corrected chi connectivity index (χ0v) is 13.4. The van der Waals surface area contributed by atoms with Crippen molar-refractivity contribution in [3.05, 3.63) is 12.4 Å². The highest BCUT2D eigenvalue weighted by molar-refractivity contribution is 5.42. The maximum absolute atomic E-state index is 6.20. The van der Waals surface area contributed by atoms with Gasteiger partial charge in [0, 0.05) is 45.0 Å². The van der Waals surface area contributed by atoms with E-state index < -0.39 is 0 Å². The first-order valence-electron chi connectivity index (χ1n) is 8.63. The molecule has 4 heterocycles. The van der Waals surface area contributed by atoms with Crippen molar-refractivity contribution < 1.29 is 4.74 Å². The van der Waals surface area contributed by atoms with Gasteiger partial charge in [-0.3, -0.25) is 10.00 Å². The lowest BCUT2D eigenvalue weighted by molar-refractivity contribution is -0.0299. The number of ether oxygens (including phenoxy) is 1. The van der Waals surface area contributed by atoms with Gasteiger partial charge in [0.15, 0.2) is 0 Å². The maximum atomic E-state index is 6.20. The van der Waals surface area contributed by atoms with Crippen LogP contribution in [-0.4, -0.2) is 72.6 Å². The number of anilines is 1. The summed E-state index contributed by atoms with van der Waals surface area (Å²) >= 11 is 0. The smallest absolute Gasteiger partial charge is 0.0881 e. The number of nitrogens with one attached hydrogen (secondary N) is 2. The van der Waals surface area contributed by atoms with E-state index in [9.17, 15) is 0 Å². The monoisotopic (exact) mass is 305 g/mol. The first kappa shape index (κ1) is 14.5. The Bertz CT molecular complexity index is 465. The first-order valence-corrected chi connectivity index (χ1v) is 8.63. The molecule has 3 aliphatic rings. The van der Waals surface area contributed by atoms with Crippen LogP contribution in [0.25, 0.3) is 0 Å². The Morgan fingerprint density at radius 1 is 1.32 bits per heavy atom. The fourth-order valence-corrected chi connectivity index (χ4v) is 4.35. The van der Waals surface area contributed by atoms with Crippen molar-refractivity contribution in [1.82, 2.24) is 20.4 Å². The molecule has 0 saturated carbocycles. The van der Waals surface area contributed by atoms with Crippen molar-refractivity contribution >= 4 is 5.69 Å². The molecule has 122 valence electrons. The van der Waals surface area contributed by atoms with Gasteiger partial charge in [0.05, 0.1) is 24.1 Å². The van der Waals surface area contributed by atoms with Crippen molar-refractivity contribution in [2.75, 3.05) is 44.2 Å². The number of nitrogens with zero attached hydrogens (tertiary/aromatic N) is 3. The molecular weight excluding hydrogens is 278 g/mol. The van der Waals surface area contributed by atoms with Gasteiger partial charge >= 0.3 is 0 Å². The van der Waals surface area contributed by atoms with Gasteiger partial charge in [-0.2, -0.15) is 5.10 Å². The van der Waals surface area contributed by atoms with Gasteiger partial charge in [-0.1, -0.05) is 0 Å². The average molecular weight is 305 g/mol.